The molecule has 0 saturated carbocycles. The second kappa shape index (κ2) is 6.94. The molecule has 0 fully saturated rings. The van der Waals surface area contributed by atoms with Crippen LogP contribution >= 0.6 is 11.3 Å². The predicted octanol–water partition coefficient (Wildman–Crippen LogP) is 6.25. The summed E-state index contributed by atoms with van der Waals surface area (Å²) in [6, 6.07) is 19.2. The van der Waals surface area contributed by atoms with Crippen LogP contribution in [0.25, 0.3) is 42.4 Å². The molecule has 4 aromatic carbocycles. The molecule has 0 radical (unpaired) electrons. The third-order valence-electron chi connectivity index (χ3n) is 5.54. The highest BCUT2D eigenvalue weighted by Gasteiger charge is 2.15. The van der Waals surface area contributed by atoms with E-state index in [1.165, 1.54) is 15.0 Å². The summed E-state index contributed by atoms with van der Waals surface area (Å²) >= 11 is 1.76. The van der Waals surface area contributed by atoms with E-state index in [0.29, 0.717) is 0 Å². The first kappa shape index (κ1) is 17.8. The number of terminal acetylenes is 2. The van der Waals surface area contributed by atoms with E-state index in [9.17, 15) is 0 Å². The van der Waals surface area contributed by atoms with Gasteiger partial charge < -0.3 is 5.11 Å². The number of aliphatic hydroxyl groups is 1. The van der Waals surface area contributed by atoms with Gasteiger partial charge in [0, 0.05) is 32.7 Å². The van der Waals surface area contributed by atoms with Crippen molar-refractivity contribution in [3.63, 3.8) is 0 Å². The minimum Gasteiger partial charge on any atom is -0.396 e. The van der Waals surface area contributed by atoms with Crippen LogP contribution in [-0.2, 0) is 6.42 Å². The van der Waals surface area contributed by atoms with E-state index in [1.807, 2.05) is 12.1 Å². The first-order valence-corrected chi connectivity index (χ1v) is 10.4. The molecule has 0 bridgehead atoms. The Morgan fingerprint density at radius 1 is 0.759 bits per heavy atom. The molecule has 1 nitrogen and oxygen atoms in total. The van der Waals surface area contributed by atoms with Crippen molar-refractivity contribution >= 4 is 53.7 Å². The minimum atomic E-state index is 0.206. The van der Waals surface area contributed by atoms with E-state index in [4.69, 9.17) is 18.0 Å². The zero-order chi connectivity index (χ0) is 20.0. The first-order valence-electron chi connectivity index (χ1n) is 9.62. The minimum absolute atomic E-state index is 0.206. The van der Waals surface area contributed by atoms with Crippen LogP contribution in [0.1, 0.15) is 22.4 Å². The fourth-order valence-corrected chi connectivity index (χ4v) is 5.31. The van der Waals surface area contributed by atoms with Gasteiger partial charge in [-0.1, -0.05) is 36.1 Å². The summed E-state index contributed by atoms with van der Waals surface area (Å²) in [5.74, 6) is 5.87. The topological polar surface area (TPSA) is 20.2 Å². The molecular formula is C27H18OS. The van der Waals surface area contributed by atoms with Gasteiger partial charge in [-0.3, -0.25) is 0 Å². The number of benzene rings is 4. The molecule has 0 aliphatic heterocycles. The summed E-state index contributed by atoms with van der Waals surface area (Å²) in [6.45, 7) is 0.206. The maximum absolute atomic E-state index is 9.14. The van der Waals surface area contributed by atoms with Crippen molar-refractivity contribution in [1.29, 1.82) is 0 Å². The second-order valence-corrected chi connectivity index (χ2v) is 8.43. The van der Waals surface area contributed by atoms with E-state index < -0.39 is 0 Å². The van der Waals surface area contributed by atoms with Gasteiger partial charge in [0.2, 0.25) is 0 Å². The Hall–Kier alpha value is -3.30. The lowest BCUT2D eigenvalue weighted by molar-refractivity contribution is 0.289. The molecule has 1 N–H and O–H groups in total. The molecule has 0 saturated heterocycles. The molecule has 0 aliphatic rings. The highest BCUT2D eigenvalue weighted by molar-refractivity contribution is 7.19. The number of aliphatic hydroxyl groups excluding tert-OH is 1. The van der Waals surface area contributed by atoms with Gasteiger partial charge in [0.1, 0.15) is 0 Å². The number of thiophene rings is 1. The maximum Gasteiger partial charge on any atom is 0.0434 e. The number of fused-ring (bicyclic) bond motifs is 4. The monoisotopic (exact) mass is 390 g/mol. The molecule has 0 unspecified atom stereocenters. The van der Waals surface area contributed by atoms with E-state index in [0.717, 1.165) is 56.3 Å². The Morgan fingerprint density at radius 3 is 1.86 bits per heavy atom. The fourth-order valence-electron chi connectivity index (χ4n) is 4.19. The van der Waals surface area contributed by atoms with Crippen LogP contribution < -0.4 is 0 Å². The highest BCUT2D eigenvalue weighted by Crippen LogP contribution is 2.38. The van der Waals surface area contributed by atoms with E-state index in [-0.39, 0.29) is 6.61 Å². The molecular weight excluding hydrogens is 372 g/mol. The van der Waals surface area contributed by atoms with Crippen LogP contribution in [0.3, 0.4) is 0 Å². The maximum atomic E-state index is 9.14. The lowest BCUT2D eigenvalue weighted by Crippen LogP contribution is -1.90. The van der Waals surface area contributed by atoms with Crippen LogP contribution in [0.5, 0.6) is 0 Å². The van der Waals surface area contributed by atoms with Crippen molar-refractivity contribution in [1.82, 2.24) is 0 Å². The van der Waals surface area contributed by atoms with Crippen LogP contribution in [0.4, 0.5) is 0 Å². The van der Waals surface area contributed by atoms with Crippen molar-refractivity contribution in [3.05, 3.63) is 70.6 Å². The molecule has 1 aromatic heterocycles. The third kappa shape index (κ3) is 2.78. The summed E-state index contributed by atoms with van der Waals surface area (Å²) in [6.07, 6.45) is 13.7. The predicted molar refractivity (Wildman–Crippen MR) is 126 cm³/mol. The zero-order valence-electron chi connectivity index (χ0n) is 15.8. The molecule has 0 atom stereocenters. The van der Waals surface area contributed by atoms with Crippen molar-refractivity contribution in [3.8, 4) is 24.7 Å². The lowest BCUT2D eigenvalue weighted by Gasteiger charge is -2.12. The van der Waals surface area contributed by atoms with E-state index in [2.05, 4.69) is 54.3 Å². The molecule has 1 heterocycles. The molecule has 5 rings (SSSR count). The Kier molecular flexibility index (Phi) is 4.26. The van der Waals surface area contributed by atoms with Gasteiger partial charge >= 0.3 is 0 Å². The Balaban J connectivity index is 1.92. The molecule has 2 heteroatoms. The van der Waals surface area contributed by atoms with Gasteiger partial charge in [0.25, 0.3) is 0 Å². The van der Waals surface area contributed by atoms with Gasteiger partial charge in [0.15, 0.2) is 0 Å². The molecule has 0 amide bonds. The van der Waals surface area contributed by atoms with Gasteiger partial charge in [-0.05, 0) is 75.5 Å². The van der Waals surface area contributed by atoms with Gasteiger partial charge in [-0.25, -0.2) is 0 Å². The van der Waals surface area contributed by atoms with Crippen LogP contribution in [0.2, 0.25) is 0 Å². The second-order valence-electron chi connectivity index (χ2n) is 7.26. The van der Waals surface area contributed by atoms with E-state index in [1.54, 1.807) is 11.3 Å². The highest BCUT2D eigenvalue weighted by atomic mass is 32.1. The van der Waals surface area contributed by atoms with Crippen molar-refractivity contribution in [2.24, 2.45) is 0 Å². The summed E-state index contributed by atoms with van der Waals surface area (Å²) in [5, 5.41) is 16.8. The van der Waals surface area contributed by atoms with E-state index >= 15 is 0 Å². The summed E-state index contributed by atoms with van der Waals surface area (Å²) in [4.78, 5) is 1.27. The molecule has 138 valence electrons. The smallest absolute Gasteiger partial charge is 0.0434 e. The largest absolute Gasteiger partial charge is 0.396 e. The Bertz CT molecular complexity index is 1400. The van der Waals surface area contributed by atoms with Crippen LogP contribution in [0, 0.1) is 24.7 Å². The zero-order valence-corrected chi connectivity index (χ0v) is 16.6. The normalized spacial score (nSPS) is 11.3. The summed E-state index contributed by atoms with van der Waals surface area (Å²) < 4.78 is 1.20. The van der Waals surface area contributed by atoms with Gasteiger partial charge in [-0.15, -0.1) is 24.2 Å². The van der Waals surface area contributed by atoms with Gasteiger partial charge in [-0.2, -0.15) is 0 Å². The van der Waals surface area contributed by atoms with Crippen molar-refractivity contribution in [2.45, 2.75) is 12.8 Å². The number of hydrogen-bond donors (Lipinski definition) is 1. The van der Waals surface area contributed by atoms with Crippen LogP contribution in [-0.4, -0.2) is 11.7 Å². The third-order valence-corrected chi connectivity index (χ3v) is 6.70. The van der Waals surface area contributed by atoms with Crippen molar-refractivity contribution in [2.75, 3.05) is 6.61 Å². The quantitative estimate of drug-likeness (QED) is 0.285. The number of hydrogen-bond acceptors (Lipinski definition) is 2. The molecule has 29 heavy (non-hydrogen) atoms. The molecule has 0 spiro atoms. The number of rotatable bonds is 3. The molecule has 5 aromatic rings. The summed E-state index contributed by atoms with van der Waals surface area (Å²) in [5.41, 5.74) is 1.79. The average molecular weight is 391 g/mol. The fraction of sp³-hybridized carbons (Fsp3) is 0.111. The SMILES string of the molecule is C#Cc1c2cc3ccccc3cc2c(C#C)c2cc3sc(CCCO)cc3cc12. The first-order chi connectivity index (χ1) is 14.2. The Morgan fingerprint density at radius 2 is 1.31 bits per heavy atom. The molecule has 0 aliphatic carbocycles. The Labute approximate surface area is 173 Å². The number of aryl methyl sites for hydroxylation is 1. The lowest BCUT2D eigenvalue weighted by atomic mass is 9.90. The average Bonchev–Trinajstić information content (AvgIpc) is 3.15. The van der Waals surface area contributed by atoms with Gasteiger partial charge in [0.05, 0.1) is 0 Å². The standard InChI is InChI=1S/C27H18OS/c1-3-21-23-13-17-8-5-6-9-18(17)14-24(23)22(4-2)26-16-27-19(15-25(21)26)12-20(29-27)10-7-11-28/h1-2,5-6,8-9,12-16,28H,7,10-11H2. The summed E-state index contributed by atoms with van der Waals surface area (Å²) in [7, 11) is 0. The van der Waals surface area contributed by atoms with Crippen molar-refractivity contribution < 1.29 is 5.11 Å². The van der Waals surface area contributed by atoms with Crippen LogP contribution in [0.15, 0.2) is 54.6 Å².